The number of aliphatic hydroxyl groups is 1. The lowest BCUT2D eigenvalue weighted by Crippen LogP contribution is -2.35. The third-order valence-electron chi connectivity index (χ3n) is 2.81. The molecular weight excluding hydrogens is 254 g/mol. The van der Waals surface area contributed by atoms with Gasteiger partial charge in [0.25, 0.3) is 5.78 Å². The summed E-state index contributed by atoms with van der Waals surface area (Å²) in [6.45, 7) is 6.55. The molecule has 7 heteroatoms. The molecule has 2 aromatic heterocycles. The van der Waals surface area contributed by atoms with E-state index in [1.54, 1.807) is 4.52 Å². The Balaban J connectivity index is 2.66. The zero-order chi connectivity index (χ0) is 13.3. The van der Waals surface area contributed by atoms with Gasteiger partial charge in [-0.3, -0.25) is 0 Å². The fraction of sp³-hybridized carbons (Fsp3) is 0.545. The summed E-state index contributed by atoms with van der Waals surface area (Å²) in [5, 5.41) is 13.8. The van der Waals surface area contributed by atoms with E-state index in [0.29, 0.717) is 17.5 Å². The number of hydrogen-bond donors (Lipinski definition) is 1. The summed E-state index contributed by atoms with van der Waals surface area (Å²) in [6, 6.07) is 0.210. The Morgan fingerprint density at radius 1 is 1.50 bits per heavy atom. The van der Waals surface area contributed by atoms with Gasteiger partial charge in [-0.25, -0.2) is 0 Å². The van der Waals surface area contributed by atoms with E-state index in [0.717, 1.165) is 11.4 Å². The second-order valence-corrected chi connectivity index (χ2v) is 4.69. The lowest BCUT2D eigenvalue weighted by Gasteiger charge is -2.29. The van der Waals surface area contributed by atoms with E-state index in [1.165, 1.54) is 6.33 Å². The Hall–Kier alpha value is -1.40. The quantitative estimate of drug-likeness (QED) is 0.848. The van der Waals surface area contributed by atoms with E-state index in [-0.39, 0.29) is 12.6 Å². The van der Waals surface area contributed by atoms with Gasteiger partial charge < -0.3 is 10.0 Å². The van der Waals surface area contributed by atoms with Gasteiger partial charge in [0.2, 0.25) is 0 Å². The molecule has 0 aliphatic heterocycles. The van der Waals surface area contributed by atoms with Gasteiger partial charge in [0, 0.05) is 18.2 Å². The molecule has 0 aromatic carbocycles. The van der Waals surface area contributed by atoms with E-state index in [1.807, 2.05) is 25.7 Å². The number of hydrogen-bond acceptors (Lipinski definition) is 5. The van der Waals surface area contributed by atoms with Gasteiger partial charge in [0.1, 0.15) is 17.3 Å². The average molecular weight is 270 g/mol. The first-order chi connectivity index (χ1) is 8.56. The second kappa shape index (κ2) is 5.07. The van der Waals surface area contributed by atoms with Crippen LogP contribution in [0.25, 0.3) is 5.78 Å². The van der Waals surface area contributed by atoms with Crippen molar-refractivity contribution in [2.24, 2.45) is 0 Å². The molecule has 2 heterocycles. The maximum absolute atomic E-state index is 9.19. The van der Waals surface area contributed by atoms with Crippen molar-refractivity contribution in [2.75, 3.05) is 18.1 Å². The molecule has 98 valence electrons. The highest BCUT2D eigenvalue weighted by molar-refractivity contribution is 6.30. The molecule has 0 aliphatic carbocycles. The normalized spacial score (nSPS) is 11.4. The van der Waals surface area contributed by atoms with Crippen molar-refractivity contribution in [1.29, 1.82) is 0 Å². The average Bonchev–Trinajstić information content (AvgIpc) is 2.76. The molecule has 6 nitrogen and oxygen atoms in total. The van der Waals surface area contributed by atoms with E-state index in [4.69, 9.17) is 11.6 Å². The fourth-order valence-corrected chi connectivity index (χ4v) is 2.10. The molecule has 2 rings (SSSR count). The number of anilines is 1. The molecular formula is C11H16ClN5O. The summed E-state index contributed by atoms with van der Waals surface area (Å²) >= 11 is 6.12. The van der Waals surface area contributed by atoms with Crippen LogP contribution in [-0.2, 0) is 0 Å². The molecule has 0 atom stereocenters. The van der Waals surface area contributed by atoms with Crippen LogP contribution < -0.4 is 4.90 Å². The summed E-state index contributed by atoms with van der Waals surface area (Å²) < 4.78 is 1.65. The van der Waals surface area contributed by atoms with Gasteiger partial charge in [-0.15, -0.1) is 0 Å². The van der Waals surface area contributed by atoms with E-state index in [2.05, 4.69) is 15.1 Å². The summed E-state index contributed by atoms with van der Waals surface area (Å²) in [5.41, 5.74) is 0.830. The lowest BCUT2D eigenvalue weighted by molar-refractivity contribution is 0.298. The number of nitrogens with zero attached hydrogens (tertiary/aromatic N) is 5. The summed E-state index contributed by atoms with van der Waals surface area (Å²) in [4.78, 5) is 10.2. The molecule has 0 bridgehead atoms. The van der Waals surface area contributed by atoms with Crippen molar-refractivity contribution in [1.82, 2.24) is 19.6 Å². The maximum Gasteiger partial charge on any atom is 0.255 e. The Bertz CT molecular complexity index is 554. The second-order valence-electron chi connectivity index (χ2n) is 4.33. The zero-order valence-electron chi connectivity index (χ0n) is 10.6. The van der Waals surface area contributed by atoms with Gasteiger partial charge in [0.05, 0.1) is 6.61 Å². The van der Waals surface area contributed by atoms with Crippen LogP contribution in [0.1, 0.15) is 19.4 Å². The number of fused-ring (bicyclic) bond motifs is 1. The summed E-state index contributed by atoms with van der Waals surface area (Å²) in [6.07, 6.45) is 1.44. The van der Waals surface area contributed by atoms with Crippen molar-refractivity contribution in [3.05, 3.63) is 17.0 Å². The highest BCUT2D eigenvalue weighted by atomic mass is 35.5. The Labute approximate surface area is 110 Å². The predicted octanol–water partition coefficient (Wildman–Crippen LogP) is 1.29. The van der Waals surface area contributed by atoms with Crippen molar-refractivity contribution in [3.63, 3.8) is 0 Å². The topological polar surface area (TPSA) is 66.5 Å². The fourth-order valence-electron chi connectivity index (χ4n) is 1.94. The van der Waals surface area contributed by atoms with Gasteiger partial charge in [-0.1, -0.05) is 11.6 Å². The van der Waals surface area contributed by atoms with Crippen LogP contribution in [0.3, 0.4) is 0 Å². The van der Waals surface area contributed by atoms with Crippen LogP contribution in [0.2, 0.25) is 5.15 Å². The number of rotatable bonds is 4. The number of halogens is 1. The van der Waals surface area contributed by atoms with Gasteiger partial charge in [-0.05, 0) is 20.8 Å². The Morgan fingerprint density at radius 2 is 2.22 bits per heavy atom. The number of aliphatic hydroxyl groups excluding tert-OH is 1. The highest BCUT2D eigenvalue weighted by Gasteiger charge is 2.20. The monoisotopic (exact) mass is 269 g/mol. The smallest absolute Gasteiger partial charge is 0.255 e. The largest absolute Gasteiger partial charge is 0.395 e. The van der Waals surface area contributed by atoms with Crippen LogP contribution in [-0.4, -0.2) is 43.9 Å². The molecule has 2 aromatic rings. The van der Waals surface area contributed by atoms with Gasteiger partial charge in [-0.2, -0.15) is 19.6 Å². The molecule has 0 spiro atoms. The first-order valence-corrected chi connectivity index (χ1v) is 6.17. The van der Waals surface area contributed by atoms with E-state index in [9.17, 15) is 5.11 Å². The van der Waals surface area contributed by atoms with Crippen LogP contribution >= 0.6 is 11.6 Å². The van der Waals surface area contributed by atoms with Crippen molar-refractivity contribution in [2.45, 2.75) is 26.8 Å². The summed E-state index contributed by atoms with van der Waals surface area (Å²) in [7, 11) is 0. The molecule has 0 unspecified atom stereocenters. The SMILES string of the molecule is Cc1c(Cl)nc2ncnn2c1N(CCO)C(C)C. The molecule has 0 radical (unpaired) electrons. The van der Waals surface area contributed by atoms with Crippen LogP contribution in [0.4, 0.5) is 5.82 Å². The van der Waals surface area contributed by atoms with Gasteiger partial charge in [0.15, 0.2) is 0 Å². The Kier molecular flexibility index (Phi) is 3.68. The van der Waals surface area contributed by atoms with Gasteiger partial charge >= 0.3 is 0 Å². The standard InChI is InChI=1S/C11H16ClN5O/c1-7(2)16(4-5-18)10-8(3)9(12)15-11-13-6-14-17(10)11/h6-7,18H,4-5H2,1-3H3. The number of aromatic nitrogens is 4. The third kappa shape index (κ3) is 2.13. The summed E-state index contributed by atoms with van der Waals surface area (Å²) in [5.74, 6) is 1.29. The van der Waals surface area contributed by atoms with Crippen LogP contribution in [0.5, 0.6) is 0 Å². The third-order valence-corrected chi connectivity index (χ3v) is 3.18. The van der Waals surface area contributed by atoms with Crippen molar-refractivity contribution >= 4 is 23.2 Å². The van der Waals surface area contributed by atoms with Crippen LogP contribution in [0.15, 0.2) is 6.33 Å². The molecule has 1 N–H and O–H groups in total. The maximum atomic E-state index is 9.19. The Morgan fingerprint density at radius 3 is 2.83 bits per heavy atom. The molecule has 0 saturated heterocycles. The lowest BCUT2D eigenvalue weighted by atomic mass is 10.2. The van der Waals surface area contributed by atoms with Crippen molar-refractivity contribution in [3.8, 4) is 0 Å². The minimum absolute atomic E-state index is 0.0632. The van der Waals surface area contributed by atoms with E-state index < -0.39 is 0 Å². The molecule has 0 saturated carbocycles. The molecule has 0 aliphatic rings. The minimum Gasteiger partial charge on any atom is -0.395 e. The van der Waals surface area contributed by atoms with E-state index >= 15 is 0 Å². The molecule has 18 heavy (non-hydrogen) atoms. The first kappa shape index (κ1) is 13.0. The minimum atomic E-state index is 0.0632. The van der Waals surface area contributed by atoms with Crippen LogP contribution in [0, 0.1) is 6.92 Å². The predicted molar refractivity (Wildman–Crippen MR) is 70.1 cm³/mol. The zero-order valence-corrected chi connectivity index (χ0v) is 11.4. The molecule has 0 fully saturated rings. The van der Waals surface area contributed by atoms with Crippen molar-refractivity contribution < 1.29 is 5.11 Å². The molecule has 0 amide bonds. The first-order valence-electron chi connectivity index (χ1n) is 5.79. The highest BCUT2D eigenvalue weighted by Crippen LogP contribution is 2.26.